The van der Waals surface area contributed by atoms with Gasteiger partial charge >= 0.3 is 10.2 Å². The van der Waals surface area contributed by atoms with Gasteiger partial charge in [-0.1, -0.05) is 6.07 Å². The van der Waals surface area contributed by atoms with Crippen molar-refractivity contribution < 1.29 is 31.8 Å². The Morgan fingerprint density at radius 1 is 0.919 bits per heavy atom. The molecule has 0 radical (unpaired) electrons. The molecule has 198 valence electrons. The van der Waals surface area contributed by atoms with Crippen LogP contribution in [0.3, 0.4) is 0 Å². The van der Waals surface area contributed by atoms with E-state index >= 15 is 0 Å². The molecule has 37 heavy (non-hydrogen) atoms. The maximum atomic E-state index is 14.7. The Kier molecular flexibility index (Phi) is 8.36. The van der Waals surface area contributed by atoms with Crippen molar-refractivity contribution in [2.75, 3.05) is 23.1 Å². The molecule has 0 unspecified atom stereocenters. The van der Waals surface area contributed by atoms with E-state index in [-0.39, 0.29) is 42.0 Å². The standard InChI is InChI=1S/C24H24F3IN4O4S/c25-17-3-5-20(24(23(17)27)30-19-4-2-15(28)12-18(19)26)31-37(35,36)32-9-7-16(8-10-32)29-13-14-1-6-21(33)22(34)11-14/h1-6,11-12,16,29-31,33-34H,7-10,13H2. The van der Waals surface area contributed by atoms with Gasteiger partial charge in [0.15, 0.2) is 23.1 Å². The maximum absolute atomic E-state index is 14.7. The first-order valence-electron chi connectivity index (χ1n) is 11.3. The lowest BCUT2D eigenvalue weighted by atomic mass is 10.1. The highest BCUT2D eigenvalue weighted by molar-refractivity contribution is 14.1. The molecule has 1 saturated heterocycles. The minimum Gasteiger partial charge on any atom is -0.504 e. The molecule has 0 saturated carbocycles. The van der Waals surface area contributed by atoms with E-state index in [0.29, 0.717) is 23.0 Å². The fourth-order valence-corrected chi connectivity index (χ4v) is 5.65. The summed E-state index contributed by atoms with van der Waals surface area (Å²) in [6.45, 7) is 0.764. The largest absolute Gasteiger partial charge is 0.504 e. The SMILES string of the molecule is O=S(=O)(Nc1ccc(F)c(F)c1Nc1ccc(I)cc1F)N1CCC(NCc2ccc(O)c(O)c2)CC1. The number of hydrogen-bond acceptors (Lipinski definition) is 6. The molecule has 3 aromatic carbocycles. The Balaban J connectivity index is 1.42. The molecule has 3 aromatic rings. The molecule has 1 aliphatic heterocycles. The van der Waals surface area contributed by atoms with E-state index in [2.05, 4.69) is 15.4 Å². The highest BCUT2D eigenvalue weighted by Crippen LogP contribution is 2.33. The lowest BCUT2D eigenvalue weighted by Crippen LogP contribution is -2.46. The monoisotopic (exact) mass is 648 g/mol. The van der Waals surface area contributed by atoms with Crippen LogP contribution in [0, 0.1) is 21.0 Å². The molecule has 8 nitrogen and oxygen atoms in total. The predicted molar refractivity (Wildman–Crippen MR) is 143 cm³/mol. The normalized spacial score (nSPS) is 15.0. The van der Waals surface area contributed by atoms with Crippen LogP contribution < -0.4 is 15.4 Å². The fraction of sp³-hybridized carbons (Fsp3) is 0.250. The molecule has 5 N–H and O–H groups in total. The minimum absolute atomic E-state index is 0.00624. The average Bonchev–Trinajstić information content (AvgIpc) is 2.86. The number of hydrogen-bond donors (Lipinski definition) is 5. The Morgan fingerprint density at radius 3 is 2.30 bits per heavy atom. The van der Waals surface area contributed by atoms with Crippen molar-refractivity contribution in [3.05, 3.63) is 75.1 Å². The third kappa shape index (κ3) is 6.58. The van der Waals surface area contributed by atoms with Gasteiger partial charge in [0.25, 0.3) is 0 Å². The lowest BCUT2D eigenvalue weighted by molar-refractivity contribution is 0.290. The number of benzene rings is 3. The Labute approximate surface area is 225 Å². The van der Waals surface area contributed by atoms with Gasteiger partial charge in [0.1, 0.15) is 11.5 Å². The number of nitrogens with one attached hydrogen (secondary N) is 3. The summed E-state index contributed by atoms with van der Waals surface area (Å²) < 4.78 is 73.1. The average molecular weight is 648 g/mol. The van der Waals surface area contributed by atoms with Gasteiger partial charge in [-0.25, -0.2) is 13.2 Å². The van der Waals surface area contributed by atoms with Crippen molar-refractivity contribution in [1.82, 2.24) is 9.62 Å². The molecule has 0 bridgehead atoms. The summed E-state index contributed by atoms with van der Waals surface area (Å²) in [7, 11) is -4.13. The first-order valence-corrected chi connectivity index (χ1v) is 13.8. The van der Waals surface area contributed by atoms with Crippen molar-refractivity contribution in [1.29, 1.82) is 0 Å². The van der Waals surface area contributed by atoms with E-state index in [0.717, 1.165) is 17.7 Å². The minimum atomic E-state index is -4.13. The van der Waals surface area contributed by atoms with E-state index in [1.807, 2.05) is 22.6 Å². The molecule has 13 heteroatoms. The summed E-state index contributed by atoms with van der Waals surface area (Å²) in [6.07, 6.45) is 0.976. The highest BCUT2D eigenvalue weighted by Gasteiger charge is 2.29. The van der Waals surface area contributed by atoms with Crippen molar-refractivity contribution in [2.24, 2.45) is 0 Å². The predicted octanol–water partition coefficient (Wildman–Crippen LogP) is 4.77. The third-order valence-corrected chi connectivity index (χ3v) is 8.15. The Bertz CT molecular complexity index is 1400. The van der Waals surface area contributed by atoms with E-state index in [4.69, 9.17) is 0 Å². The molecule has 1 aliphatic rings. The van der Waals surface area contributed by atoms with Crippen molar-refractivity contribution >= 4 is 49.9 Å². The molecule has 0 amide bonds. The van der Waals surface area contributed by atoms with E-state index in [1.54, 1.807) is 12.1 Å². The molecule has 4 rings (SSSR count). The molecule has 0 atom stereocenters. The van der Waals surface area contributed by atoms with Crippen molar-refractivity contribution in [2.45, 2.75) is 25.4 Å². The summed E-state index contributed by atoms with van der Waals surface area (Å²) in [5, 5.41) is 24.8. The van der Waals surface area contributed by atoms with Gasteiger partial charge in [0, 0.05) is 29.2 Å². The topological polar surface area (TPSA) is 114 Å². The van der Waals surface area contributed by atoms with Crippen LogP contribution in [0.2, 0.25) is 0 Å². The molecule has 1 heterocycles. The van der Waals surface area contributed by atoms with Crippen LogP contribution in [0.15, 0.2) is 48.5 Å². The second kappa shape index (κ2) is 11.3. The second-order valence-electron chi connectivity index (χ2n) is 8.52. The van der Waals surface area contributed by atoms with Crippen molar-refractivity contribution in [3.8, 4) is 11.5 Å². The van der Waals surface area contributed by atoms with Crippen molar-refractivity contribution in [3.63, 3.8) is 0 Å². The van der Waals surface area contributed by atoms with E-state index < -0.39 is 33.3 Å². The molecular formula is C24H24F3IN4O4S. The zero-order chi connectivity index (χ0) is 26.7. The smallest absolute Gasteiger partial charge is 0.301 e. The van der Waals surface area contributed by atoms with E-state index in [9.17, 15) is 31.8 Å². The van der Waals surface area contributed by atoms with E-state index in [1.165, 1.54) is 28.6 Å². The summed E-state index contributed by atoms with van der Waals surface area (Å²) in [5.74, 6) is -3.70. The summed E-state index contributed by atoms with van der Waals surface area (Å²) >= 11 is 1.90. The van der Waals surface area contributed by atoms with Crippen LogP contribution in [0.4, 0.5) is 30.2 Å². The Morgan fingerprint density at radius 2 is 1.62 bits per heavy atom. The first kappa shape index (κ1) is 27.3. The zero-order valence-electron chi connectivity index (χ0n) is 19.3. The molecule has 1 fully saturated rings. The number of piperidine rings is 1. The van der Waals surface area contributed by atoms with Crippen LogP contribution in [-0.4, -0.2) is 42.1 Å². The van der Waals surface area contributed by atoms with Gasteiger partial charge in [-0.2, -0.15) is 12.7 Å². The Hall–Kier alpha value is -2.75. The van der Waals surface area contributed by atoms with Crippen LogP contribution >= 0.6 is 22.6 Å². The van der Waals surface area contributed by atoms with Crippen LogP contribution in [0.5, 0.6) is 11.5 Å². The molecule has 0 spiro atoms. The van der Waals surface area contributed by atoms with Gasteiger partial charge in [0.05, 0.1) is 11.4 Å². The number of anilines is 3. The number of phenols is 2. The van der Waals surface area contributed by atoms with Crippen LogP contribution in [0.1, 0.15) is 18.4 Å². The third-order valence-electron chi connectivity index (χ3n) is 5.95. The fourth-order valence-electron chi connectivity index (χ4n) is 3.93. The number of aromatic hydroxyl groups is 2. The number of phenolic OH excluding ortho intramolecular Hbond substituents is 2. The second-order valence-corrected chi connectivity index (χ2v) is 11.4. The summed E-state index contributed by atoms with van der Waals surface area (Å²) in [6, 6.07) is 10.5. The molecule has 0 aliphatic carbocycles. The van der Waals surface area contributed by atoms with Crippen LogP contribution in [-0.2, 0) is 16.8 Å². The number of rotatable bonds is 8. The van der Waals surface area contributed by atoms with Gasteiger partial charge in [0.2, 0.25) is 0 Å². The lowest BCUT2D eigenvalue weighted by Gasteiger charge is -2.32. The van der Waals surface area contributed by atoms with Gasteiger partial charge in [-0.15, -0.1) is 0 Å². The van der Waals surface area contributed by atoms with Gasteiger partial charge < -0.3 is 20.8 Å². The number of nitrogens with zero attached hydrogens (tertiary/aromatic N) is 1. The number of halogens is 4. The van der Waals surface area contributed by atoms with Crippen LogP contribution in [0.25, 0.3) is 0 Å². The highest BCUT2D eigenvalue weighted by atomic mass is 127. The van der Waals surface area contributed by atoms with Gasteiger partial charge in [-0.3, -0.25) is 4.72 Å². The first-order chi connectivity index (χ1) is 17.5. The quantitative estimate of drug-likeness (QED) is 0.178. The molecule has 0 aromatic heterocycles. The van der Waals surface area contributed by atoms with Gasteiger partial charge in [-0.05, 0) is 83.5 Å². The summed E-state index contributed by atoms with van der Waals surface area (Å²) in [4.78, 5) is 0. The molecular weight excluding hydrogens is 624 g/mol. The summed E-state index contributed by atoms with van der Waals surface area (Å²) in [5.41, 5.74) is -0.171. The zero-order valence-corrected chi connectivity index (χ0v) is 22.3. The maximum Gasteiger partial charge on any atom is 0.301 e.